The van der Waals surface area contributed by atoms with Crippen LogP contribution in [0.5, 0.6) is 5.06 Å². The minimum Gasteiger partial charge on any atom is -0.498 e. The van der Waals surface area contributed by atoms with Crippen molar-refractivity contribution in [1.29, 1.82) is 0 Å². The van der Waals surface area contributed by atoms with E-state index in [1.807, 2.05) is 0 Å². The Morgan fingerprint density at radius 3 is 2.30 bits per heavy atom. The van der Waals surface area contributed by atoms with Gasteiger partial charge in [0.25, 0.3) is 0 Å². The Morgan fingerprint density at radius 2 is 2.10 bits per heavy atom. The summed E-state index contributed by atoms with van der Waals surface area (Å²) >= 11 is 1.34. The Hall–Kier alpha value is -0.570. The average molecular weight is 157 g/mol. The highest BCUT2D eigenvalue weighted by molar-refractivity contribution is 7.13. The summed E-state index contributed by atoms with van der Waals surface area (Å²) in [5.74, 6) is 0. The SMILES string of the molecule is CC(C)(C)c1ncc(O)s1. The summed E-state index contributed by atoms with van der Waals surface area (Å²) in [4.78, 5) is 4.06. The summed E-state index contributed by atoms with van der Waals surface area (Å²) in [5, 5.41) is 10.2. The second kappa shape index (κ2) is 2.23. The molecule has 0 aliphatic rings. The van der Waals surface area contributed by atoms with Crippen molar-refractivity contribution in [3.05, 3.63) is 11.2 Å². The van der Waals surface area contributed by atoms with E-state index in [9.17, 15) is 0 Å². The van der Waals surface area contributed by atoms with Gasteiger partial charge in [0.2, 0.25) is 0 Å². The zero-order chi connectivity index (χ0) is 7.78. The van der Waals surface area contributed by atoms with E-state index in [0.29, 0.717) is 5.06 Å². The van der Waals surface area contributed by atoms with Gasteiger partial charge in [0.1, 0.15) is 5.01 Å². The molecule has 3 heteroatoms. The quantitative estimate of drug-likeness (QED) is 0.626. The van der Waals surface area contributed by atoms with Crippen molar-refractivity contribution in [2.24, 2.45) is 0 Å². The number of nitrogens with zero attached hydrogens (tertiary/aromatic N) is 1. The molecule has 0 unspecified atom stereocenters. The topological polar surface area (TPSA) is 33.1 Å². The molecule has 1 aromatic rings. The van der Waals surface area contributed by atoms with Crippen molar-refractivity contribution < 1.29 is 5.11 Å². The van der Waals surface area contributed by atoms with Crippen LogP contribution in [0.3, 0.4) is 0 Å². The number of rotatable bonds is 0. The molecule has 10 heavy (non-hydrogen) atoms. The standard InChI is InChI=1S/C7H11NOS/c1-7(2,3)6-8-4-5(9)10-6/h4,9H,1-3H3. The normalized spacial score (nSPS) is 11.9. The third-order valence-corrected chi connectivity index (χ3v) is 2.36. The number of hydrogen-bond donors (Lipinski definition) is 1. The Labute approximate surface area is 64.5 Å². The molecule has 1 N–H and O–H groups in total. The Kier molecular flexibility index (Phi) is 1.68. The Bertz CT molecular complexity index is 224. The molecule has 1 heterocycles. The lowest BCUT2D eigenvalue weighted by atomic mass is 9.98. The Morgan fingerprint density at radius 1 is 1.50 bits per heavy atom. The van der Waals surface area contributed by atoms with E-state index in [2.05, 4.69) is 25.8 Å². The van der Waals surface area contributed by atoms with Crippen LogP contribution >= 0.6 is 11.3 Å². The van der Waals surface area contributed by atoms with Crippen molar-refractivity contribution in [1.82, 2.24) is 4.98 Å². The van der Waals surface area contributed by atoms with Crippen LogP contribution in [0.4, 0.5) is 0 Å². The predicted molar refractivity (Wildman–Crippen MR) is 42.5 cm³/mol. The van der Waals surface area contributed by atoms with Crippen LogP contribution in [0.2, 0.25) is 0 Å². The van der Waals surface area contributed by atoms with Crippen LogP contribution in [-0.4, -0.2) is 10.1 Å². The smallest absolute Gasteiger partial charge is 0.191 e. The van der Waals surface area contributed by atoms with Gasteiger partial charge in [-0.05, 0) is 0 Å². The fraction of sp³-hybridized carbons (Fsp3) is 0.571. The zero-order valence-corrected chi connectivity index (χ0v) is 7.20. The van der Waals surface area contributed by atoms with Gasteiger partial charge in [-0.1, -0.05) is 32.1 Å². The fourth-order valence-electron chi connectivity index (χ4n) is 0.612. The molecule has 56 valence electrons. The molecular weight excluding hydrogens is 146 g/mol. The second-order valence-electron chi connectivity index (χ2n) is 3.25. The molecule has 0 aliphatic carbocycles. The first-order valence-electron chi connectivity index (χ1n) is 3.15. The van der Waals surface area contributed by atoms with Gasteiger partial charge < -0.3 is 5.11 Å². The molecule has 1 rings (SSSR count). The van der Waals surface area contributed by atoms with Gasteiger partial charge in [0.15, 0.2) is 5.06 Å². The van der Waals surface area contributed by atoms with Crippen molar-refractivity contribution >= 4 is 11.3 Å². The molecule has 0 atom stereocenters. The average Bonchev–Trinajstić information content (AvgIpc) is 2.11. The highest BCUT2D eigenvalue weighted by atomic mass is 32.1. The highest BCUT2D eigenvalue weighted by Gasteiger charge is 2.17. The molecule has 0 amide bonds. The molecule has 0 saturated heterocycles. The van der Waals surface area contributed by atoms with E-state index in [1.54, 1.807) is 0 Å². The molecule has 0 fully saturated rings. The summed E-state index contributed by atoms with van der Waals surface area (Å²) in [5.41, 5.74) is 0.0612. The summed E-state index contributed by atoms with van der Waals surface area (Å²) in [6, 6.07) is 0. The monoisotopic (exact) mass is 157 g/mol. The summed E-state index contributed by atoms with van der Waals surface area (Å²) in [7, 11) is 0. The Balaban J connectivity index is 2.96. The van der Waals surface area contributed by atoms with Crippen LogP contribution in [0, 0.1) is 0 Å². The third-order valence-electron chi connectivity index (χ3n) is 1.14. The van der Waals surface area contributed by atoms with Gasteiger partial charge in [-0.25, -0.2) is 4.98 Å². The van der Waals surface area contributed by atoms with Crippen LogP contribution in [0.15, 0.2) is 6.20 Å². The van der Waals surface area contributed by atoms with Crippen molar-refractivity contribution in [2.75, 3.05) is 0 Å². The first-order valence-corrected chi connectivity index (χ1v) is 3.97. The van der Waals surface area contributed by atoms with Gasteiger partial charge in [-0.3, -0.25) is 0 Å². The molecule has 0 saturated carbocycles. The lowest BCUT2D eigenvalue weighted by Crippen LogP contribution is -2.09. The van der Waals surface area contributed by atoms with Gasteiger partial charge in [0, 0.05) is 5.41 Å². The number of hydrogen-bond acceptors (Lipinski definition) is 3. The fourth-order valence-corrected chi connectivity index (χ4v) is 1.33. The van der Waals surface area contributed by atoms with Crippen LogP contribution in [0.25, 0.3) is 0 Å². The maximum Gasteiger partial charge on any atom is 0.191 e. The van der Waals surface area contributed by atoms with E-state index in [-0.39, 0.29) is 5.41 Å². The first-order chi connectivity index (χ1) is 4.50. The zero-order valence-electron chi connectivity index (χ0n) is 6.38. The van der Waals surface area contributed by atoms with E-state index < -0.39 is 0 Å². The van der Waals surface area contributed by atoms with E-state index >= 15 is 0 Å². The lowest BCUT2D eigenvalue weighted by Gasteiger charge is -2.12. The number of aromatic nitrogens is 1. The van der Waals surface area contributed by atoms with E-state index in [4.69, 9.17) is 5.11 Å². The van der Waals surface area contributed by atoms with Gasteiger partial charge in [-0.15, -0.1) is 0 Å². The first kappa shape index (κ1) is 7.54. The number of aromatic hydroxyl groups is 1. The molecule has 0 aliphatic heterocycles. The van der Waals surface area contributed by atoms with Crippen molar-refractivity contribution in [3.63, 3.8) is 0 Å². The van der Waals surface area contributed by atoms with E-state index in [0.717, 1.165) is 5.01 Å². The highest BCUT2D eigenvalue weighted by Crippen LogP contribution is 2.29. The second-order valence-corrected chi connectivity index (χ2v) is 4.26. The maximum absolute atomic E-state index is 8.97. The van der Waals surface area contributed by atoms with Crippen LogP contribution < -0.4 is 0 Å². The predicted octanol–water partition coefficient (Wildman–Crippen LogP) is 2.15. The van der Waals surface area contributed by atoms with Gasteiger partial charge in [0.05, 0.1) is 6.20 Å². The minimum atomic E-state index is 0.0612. The summed E-state index contributed by atoms with van der Waals surface area (Å²) in [6.45, 7) is 6.22. The molecule has 1 aromatic heterocycles. The van der Waals surface area contributed by atoms with E-state index in [1.165, 1.54) is 17.5 Å². The lowest BCUT2D eigenvalue weighted by molar-refractivity contribution is 0.489. The van der Waals surface area contributed by atoms with Crippen molar-refractivity contribution in [3.8, 4) is 5.06 Å². The molecule has 0 aromatic carbocycles. The molecule has 0 bridgehead atoms. The molecule has 0 radical (unpaired) electrons. The summed E-state index contributed by atoms with van der Waals surface area (Å²) < 4.78 is 0. The summed E-state index contributed by atoms with van der Waals surface area (Å²) in [6.07, 6.45) is 1.49. The van der Waals surface area contributed by atoms with Crippen molar-refractivity contribution in [2.45, 2.75) is 26.2 Å². The van der Waals surface area contributed by atoms with Gasteiger partial charge >= 0.3 is 0 Å². The largest absolute Gasteiger partial charge is 0.498 e. The minimum absolute atomic E-state index is 0.0612. The third kappa shape index (κ3) is 1.48. The molecule has 2 nitrogen and oxygen atoms in total. The van der Waals surface area contributed by atoms with Crippen LogP contribution in [-0.2, 0) is 5.41 Å². The number of thiazole rings is 1. The maximum atomic E-state index is 8.97. The van der Waals surface area contributed by atoms with Crippen LogP contribution in [0.1, 0.15) is 25.8 Å². The molecule has 0 spiro atoms. The van der Waals surface area contributed by atoms with Gasteiger partial charge in [-0.2, -0.15) is 0 Å². The molecular formula is C7H11NOS.